The lowest BCUT2D eigenvalue weighted by Crippen LogP contribution is -2.62. The van der Waals surface area contributed by atoms with E-state index >= 15 is 0 Å². The zero-order valence-corrected chi connectivity index (χ0v) is 18.4. The molecule has 0 radical (unpaired) electrons. The summed E-state index contributed by atoms with van der Waals surface area (Å²) in [6.07, 6.45) is 8.17. The topological polar surface area (TPSA) is 75.7 Å². The van der Waals surface area contributed by atoms with Crippen LogP contribution in [0, 0.1) is 17.8 Å². The molecule has 4 aliphatic carbocycles. The van der Waals surface area contributed by atoms with Gasteiger partial charge in [0, 0.05) is 5.54 Å². The average molecular weight is 421 g/mol. The van der Waals surface area contributed by atoms with Crippen LogP contribution in [0.15, 0.2) is 24.3 Å². The van der Waals surface area contributed by atoms with Crippen molar-refractivity contribution in [3.8, 4) is 5.75 Å². The van der Waals surface area contributed by atoms with Gasteiger partial charge in [-0.05, 0) is 94.4 Å². The zero-order valence-electron chi connectivity index (χ0n) is 17.6. The molecule has 4 fully saturated rings. The van der Waals surface area contributed by atoms with Crippen LogP contribution >= 0.6 is 0 Å². The van der Waals surface area contributed by atoms with E-state index in [0.29, 0.717) is 35.8 Å². The molecule has 0 aromatic heterocycles. The first kappa shape index (κ1) is 20.5. The normalized spacial score (nSPS) is 31.3. The molecule has 4 saturated carbocycles. The SMILES string of the molecule is CCOc1ccc(N([C@@H](C)C(=O)NC23CC4CC(CC(C4)C2)C3)S(C)(=O)=O)cc1. The number of amides is 1. The van der Waals surface area contributed by atoms with Crippen LogP contribution < -0.4 is 14.4 Å². The standard InChI is InChI=1S/C22H32N2O4S/c1-4-28-20-7-5-19(6-8-20)24(29(3,26)27)15(2)21(25)23-22-12-16-9-17(13-22)11-18(10-16)14-22/h5-8,15-18H,4,9-14H2,1-3H3,(H,23,25)/t15-,16?,17?,18?,22?/m0/s1. The maximum Gasteiger partial charge on any atom is 0.244 e. The molecular formula is C22H32N2O4S. The number of nitrogens with one attached hydrogen (secondary N) is 1. The minimum absolute atomic E-state index is 0.137. The van der Waals surface area contributed by atoms with Crippen LogP contribution in [0.25, 0.3) is 0 Å². The summed E-state index contributed by atoms with van der Waals surface area (Å²) in [6.45, 7) is 4.11. The van der Waals surface area contributed by atoms with Crippen LogP contribution in [0.1, 0.15) is 52.4 Å². The van der Waals surface area contributed by atoms with Gasteiger partial charge in [0.05, 0.1) is 18.6 Å². The minimum atomic E-state index is -3.62. The lowest BCUT2D eigenvalue weighted by atomic mass is 9.53. The largest absolute Gasteiger partial charge is 0.494 e. The van der Waals surface area contributed by atoms with Crippen molar-refractivity contribution in [2.45, 2.75) is 64.0 Å². The molecule has 4 bridgehead atoms. The molecular weight excluding hydrogens is 388 g/mol. The molecule has 0 heterocycles. The fourth-order valence-corrected chi connectivity index (χ4v) is 7.47. The van der Waals surface area contributed by atoms with Crippen molar-refractivity contribution in [2.75, 3.05) is 17.2 Å². The van der Waals surface area contributed by atoms with Crippen molar-refractivity contribution in [3.05, 3.63) is 24.3 Å². The Morgan fingerprint density at radius 2 is 1.66 bits per heavy atom. The van der Waals surface area contributed by atoms with E-state index in [2.05, 4.69) is 5.32 Å². The second kappa shape index (κ2) is 7.49. The van der Waals surface area contributed by atoms with Crippen LogP contribution in [-0.4, -0.2) is 38.8 Å². The first-order valence-electron chi connectivity index (χ1n) is 10.7. The molecule has 1 aromatic rings. The summed E-state index contributed by atoms with van der Waals surface area (Å²) in [6, 6.07) is 6.05. The number of nitrogens with zero attached hydrogens (tertiary/aromatic N) is 1. The van der Waals surface area contributed by atoms with E-state index in [1.54, 1.807) is 31.2 Å². The number of hydrogen-bond donors (Lipinski definition) is 1. The molecule has 0 aliphatic heterocycles. The fourth-order valence-electron chi connectivity index (χ4n) is 6.29. The number of anilines is 1. The third-order valence-corrected chi connectivity index (χ3v) is 8.16. The van der Waals surface area contributed by atoms with Crippen molar-refractivity contribution in [2.24, 2.45) is 17.8 Å². The van der Waals surface area contributed by atoms with Crippen LogP contribution in [0.5, 0.6) is 5.75 Å². The Balaban J connectivity index is 1.53. The Kier molecular flexibility index (Phi) is 5.30. The highest BCUT2D eigenvalue weighted by Crippen LogP contribution is 2.55. The molecule has 7 heteroatoms. The second-order valence-electron chi connectivity index (χ2n) is 9.35. The Morgan fingerprint density at radius 1 is 1.14 bits per heavy atom. The van der Waals surface area contributed by atoms with Crippen LogP contribution in [0.3, 0.4) is 0 Å². The highest BCUT2D eigenvalue weighted by molar-refractivity contribution is 7.92. The lowest BCUT2D eigenvalue weighted by Gasteiger charge is -2.57. The number of rotatable bonds is 7. The van der Waals surface area contributed by atoms with E-state index in [4.69, 9.17) is 4.74 Å². The van der Waals surface area contributed by atoms with Gasteiger partial charge in [-0.1, -0.05) is 0 Å². The summed E-state index contributed by atoms with van der Waals surface area (Å²) in [5.41, 5.74) is 0.339. The summed E-state index contributed by atoms with van der Waals surface area (Å²) in [5, 5.41) is 3.31. The van der Waals surface area contributed by atoms with Gasteiger partial charge in [-0.2, -0.15) is 0 Å². The van der Waals surface area contributed by atoms with E-state index in [0.717, 1.165) is 25.5 Å². The molecule has 1 aromatic carbocycles. The second-order valence-corrected chi connectivity index (χ2v) is 11.2. The third-order valence-electron chi connectivity index (χ3n) is 6.92. The number of ether oxygens (including phenoxy) is 1. The first-order chi connectivity index (χ1) is 13.7. The van der Waals surface area contributed by atoms with Gasteiger partial charge in [0.2, 0.25) is 15.9 Å². The van der Waals surface area contributed by atoms with Crippen LogP contribution in [-0.2, 0) is 14.8 Å². The van der Waals surface area contributed by atoms with E-state index in [-0.39, 0.29) is 11.4 Å². The number of sulfonamides is 1. The number of hydrogen-bond acceptors (Lipinski definition) is 4. The molecule has 1 N–H and O–H groups in total. The number of carbonyl (C=O) groups is 1. The zero-order chi connectivity index (χ0) is 20.8. The van der Waals surface area contributed by atoms with Crippen LogP contribution in [0.4, 0.5) is 5.69 Å². The van der Waals surface area contributed by atoms with E-state index < -0.39 is 16.1 Å². The molecule has 29 heavy (non-hydrogen) atoms. The van der Waals surface area contributed by atoms with Crippen molar-refractivity contribution >= 4 is 21.6 Å². The summed E-state index contributed by atoms with van der Waals surface area (Å²) < 4.78 is 31.8. The summed E-state index contributed by atoms with van der Waals surface area (Å²) in [7, 11) is -3.62. The molecule has 1 amide bonds. The Hall–Kier alpha value is -1.76. The van der Waals surface area contributed by atoms with E-state index in [1.165, 1.54) is 23.6 Å². The minimum Gasteiger partial charge on any atom is -0.494 e. The predicted molar refractivity (Wildman–Crippen MR) is 113 cm³/mol. The maximum atomic E-state index is 13.2. The third kappa shape index (κ3) is 4.11. The molecule has 0 spiro atoms. The lowest BCUT2D eigenvalue weighted by molar-refractivity contribution is -0.127. The van der Waals surface area contributed by atoms with Crippen LogP contribution in [0.2, 0.25) is 0 Å². The van der Waals surface area contributed by atoms with Gasteiger partial charge in [-0.3, -0.25) is 9.10 Å². The summed E-state index contributed by atoms with van der Waals surface area (Å²) in [4.78, 5) is 13.2. The molecule has 4 aliphatic rings. The van der Waals surface area contributed by atoms with Crippen molar-refractivity contribution in [3.63, 3.8) is 0 Å². The number of benzene rings is 1. The smallest absolute Gasteiger partial charge is 0.244 e. The Labute approximate surface area is 174 Å². The first-order valence-corrected chi connectivity index (χ1v) is 12.6. The monoisotopic (exact) mass is 420 g/mol. The molecule has 0 saturated heterocycles. The van der Waals surface area contributed by atoms with Gasteiger partial charge in [-0.15, -0.1) is 0 Å². The molecule has 0 unspecified atom stereocenters. The van der Waals surface area contributed by atoms with Gasteiger partial charge in [0.25, 0.3) is 0 Å². The molecule has 5 rings (SSSR count). The van der Waals surface area contributed by atoms with Gasteiger partial charge in [-0.25, -0.2) is 8.42 Å². The molecule has 1 atom stereocenters. The van der Waals surface area contributed by atoms with E-state index in [1.807, 2.05) is 6.92 Å². The van der Waals surface area contributed by atoms with Crippen molar-refractivity contribution < 1.29 is 17.9 Å². The highest BCUT2D eigenvalue weighted by Gasteiger charge is 2.52. The quantitative estimate of drug-likeness (QED) is 0.734. The number of carbonyl (C=O) groups excluding carboxylic acids is 1. The Bertz CT molecular complexity index is 830. The van der Waals surface area contributed by atoms with E-state index in [9.17, 15) is 13.2 Å². The van der Waals surface area contributed by atoms with Gasteiger partial charge >= 0.3 is 0 Å². The summed E-state index contributed by atoms with van der Waals surface area (Å²) in [5.74, 6) is 2.62. The predicted octanol–water partition coefficient (Wildman–Crippen LogP) is 3.32. The molecule has 160 valence electrons. The average Bonchev–Trinajstić information content (AvgIpc) is 2.61. The van der Waals surface area contributed by atoms with Crippen molar-refractivity contribution in [1.29, 1.82) is 0 Å². The van der Waals surface area contributed by atoms with Gasteiger partial charge in [0.15, 0.2) is 0 Å². The van der Waals surface area contributed by atoms with Gasteiger partial charge in [0.1, 0.15) is 11.8 Å². The Morgan fingerprint density at radius 3 is 2.10 bits per heavy atom. The molecule has 6 nitrogen and oxygen atoms in total. The highest BCUT2D eigenvalue weighted by atomic mass is 32.2. The van der Waals surface area contributed by atoms with Crippen molar-refractivity contribution in [1.82, 2.24) is 5.32 Å². The fraction of sp³-hybridized carbons (Fsp3) is 0.682. The summed E-state index contributed by atoms with van der Waals surface area (Å²) >= 11 is 0. The van der Waals surface area contributed by atoms with Gasteiger partial charge < -0.3 is 10.1 Å². The maximum absolute atomic E-state index is 13.2.